The van der Waals surface area contributed by atoms with Crippen LogP contribution < -0.4 is 0 Å². The van der Waals surface area contributed by atoms with Crippen LogP contribution in [0.15, 0.2) is 11.4 Å². The number of aromatic nitrogens is 3. The molecule has 0 radical (unpaired) electrons. The summed E-state index contributed by atoms with van der Waals surface area (Å²) in [6.07, 6.45) is 16.1. The van der Waals surface area contributed by atoms with E-state index >= 15 is 0 Å². The third-order valence-electron chi connectivity index (χ3n) is 4.82. The van der Waals surface area contributed by atoms with Crippen molar-refractivity contribution in [3.05, 3.63) is 26.9 Å². The number of aromatic amines is 1. The van der Waals surface area contributed by atoms with Gasteiger partial charge in [0.25, 0.3) is 0 Å². The van der Waals surface area contributed by atoms with Gasteiger partial charge in [-0.25, -0.2) is 0 Å². The molecule has 140 valence electrons. The molecule has 2 heterocycles. The zero-order chi connectivity index (χ0) is 17.9. The van der Waals surface area contributed by atoms with Gasteiger partial charge < -0.3 is 0 Å². The van der Waals surface area contributed by atoms with Gasteiger partial charge in [0.1, 0.15) is 5.82 Å². The minimum absolute atomic E-state index is 0.708. The highest BCUT2D eigenvalue weighted by atomic mass is 32.1. The van der Waals surface area contributed by atoms with Crippen LogP contribution in [0.3, 0.4) is 0 Å². The summed E-state index contributed by atoms with van der Waals surface area (Å²) in [5, 5.41) is 9.53. The van der Waals surface area contributed by atoms with Crippen molar-refractivity contribution in [1.29, 1.82) is 0 Å². The highest BCUT2D eigenvalue weighted by Gasteiger charge is 2.10. The molecular formula is C20H33N3S2. The van der Waals surface area contributed by atoms with Gasteiger partial charge in [0, 0.05) is 11.3 Å². The fraction of sp³-hybridized carbons (Fsp3) is 0.700. The van der Waals surface area contributed by atoms with E-state index in [0.29, 0.717) is 4.77 Å². The van der Waals surface area contributed by atoms with Crippen LogP contribution in [0, 0.1) is 11.7 Å². The van der Waals surface area contributed by atoms with Crippen molar-refractivity contribution in [3.8, 4) is 5.69 Å². The zero-order valence-corrected chi connectivity index (χ0v) is 17.5. The Hall–Kier alpha value is -0.940. The number of hydrogen-bond acceptors (Lipinski definition) is 3. The average molecular weight is 380 g/mol. The molecule has 2 aromatic rings. The Morgan fingerprint density at radius 2 is 1.60 bits per heavy atom. The largest absolute Gasteiger partial charge is 0.271 e. The van der Waals surface area contributed by atoms with E-state index in [0.717, 1.165) is 12.2 Å². The molecule has 0 atom stereocenters. The second kappa shape index (κ2) is 11.6. The van der Waals surface area contributed by atoms with Crippen molar-refractivity contribution in [1.82, 2.24) is 14.8 Å². The third-order valence-corrected chi connectivity index (χ3v) is 5.93. The number of H-pyrrole nitrogens is 1. The van der Waals surface area contributed by atoms with Gasteiger partial charge in [-0.2, -0.15) is 5.10 Å². The molecule has 0 fully saturated rings. The number of nitrogens with zero attached hydrogens (tertiary/aromatic N) is 2. The molecule has 0 saturated heterocycles. The van der Waals surface area contributed by atoms with Gasteiger partial charge in [0.2, 0.25) is 0 Å². The maximum absolute atomic E-state index is 5.42. The summed E-state index contributed by atoms with van der Waals surface area (Å²) in [6.45, 7) is 4.42. The van der Waals surface area contributed by atoms with Gasteiger partial charge in [0.05, 0.1) is 5.69 Å². The maximum atomic E-state index is 5.42. The van der Waals surface area contributed by atoms with E-state index < -0.39 is 0 Å². The van der Waals surface area contributed by atoms with Gasteiger partial charge in [-0.3, -0.25) is 9.67 Å². The minimum atomic E-state index is 0.708. The van der Waals surface area contributed by atoms with Crippen molar-refractivity contribution in [2.24, 2.45) is 0 Å². The van der Waals surface area contributed by atoms with Crippen molar-refractivity contribution in [3.63, 3.8) is 0 Å². The Morgan fingerprint density at radius 3 is 2.16 bits per heavy atom. The topological polar surface area (TPSA) is 33.6 Å². The Labute approximate surface area is 161 Å². The zero-order valence-electron chi connectivity index (χ0n) is 15.9. The van der Waals surface area contributed by atoms with E-state index in [2.05, 4.69) is 40.1 Å². The molecule has 0 bridgehead atoms. The molecule has 1 N–H and O–H groups in total. The molecule has 5 heteroatoms. The highest BCUT2D eigenvalue weighted by molar-refractivity contribution is 7.71. The number of thiophene rings is 1. The minimum Gasteiger partial charge on any atom is -0.271 e. The van der Waals surface area contributed by atoms with Crippen LogP contribution in [0.5, 0.6) is 0 Å². The Morgan fingerprint density at radius 1 is 1.00 bits per heavy atom. The number of hydrogen-bond donors (Lipinski definition) is 1. The Kier molecular flexibility index (Phi) is 9.48. The number of aryl methyl sites for hydroxylation is 2. The first-order chi connectivity index (χ1) is 12.2. The fourth-order valence-electron chi connectivity index (χ4n) is 3.30. The van der Waals surface area contributed by atoms with Crippen LogP contribution in [0.1, 0.15) is 88.3 Å². The summed E-state index contributed by atoms with van der Waals surface area (Å²) < 4.78 is 2.82. The summed E-state index contributed by atoms with van der Waals surface area (Å²) in [7, 11) is 0. The van der Waals surface area contributed by atoms with Gasteiger partial charge in [0.15, 0.2) is 4.77 Å². The maximum Gasteiger partial charge on any atom is 0.199 e. The predicted octanol–water partition coefficient (Wildman–Crippen LogP) is 7.15. The molecule has 0 saturated carbocycles. The Balaban J connectivity index is 1.62. The predicted molar refractivity (Wildman–Crippen MR) is 112 cm³/mol. The molecule has 0 unspecified atom stereocenters. The second-order valence-electron chi connectivity index (χ2n) is 6.93. The van der Waals surface area contributed by atoms with E-state index in [9.17, 15) is 0 Å². The number of nitrogens with one attached hydrogen (secondary N) is 1. The first-order valence-electron chi connectivity index (χ1n) is 9.94. The lowest BCUT2D eigenvalue weighted by Crippen LogP contribution is -2.02. The van der Waals surface area contributed by atoms with Gasteiger partial charge in [-0.05, 0) is 37.0 Å². The van der Waals surface area contributed by atoms with E-state index in [1.54, 1.807) is 11.3 Å². The third kappa shape index (κ3) is 6.70. The molecule has 0 aromatic carbocycles. The molecule has 0 amide bonds. The second-order valence-corrected chi connectivity index (χ2v) is 8.43. The number of unbranched alkanes of at least 4 members (excludes halogenated alkanes) is 10. The fourth-order valence-corrected chi connectivity index (χ4v) is 4.23. The molecule has 2 rings (SSSR count). The van der Waals surface area contributed by atoms with Crippen molar-refractivity contribution in [2.75, 3.05) is 0 Å². The standard InChI is InChI=1S/C20H33N3S2/c1-3-4-5-6-7-8-9-10-11-12-13-14-19-21-22-20(24)23(19)18-15-16-25-17(18)2/h15-16H,3-14H2,1-2H3,(H,22,24). The summed E-state index contributed by atoms with van der Waals surface area (Å²) in [5.74, 6) is 1.07. The summed E-state index contributed by atoms with van der Waals surface area (Å²) in [4.78, 5) is 1.29. The van der Waals surface area contributed by atoms with Crippen molar-refractivity contribution >= 4 is 23.6 Å². The van der Waals surface area contributed by atoms with Crippen molar-refractivity contribution in [2.45, 2.75) is 90.9 Å². The summed E-state index contributed by atoms with van der Waals surface area (Å²) in [6, 6.07) is 2.13. The smallest absolute Gasteiger partial charge is 0.199 e. The molecule has 2 aromatic heterocycles. The van der Waals surface area contributed by atoms with Gasteiger partial charge >= 0.3 is 0 Å². The van der Waals surface area contributed by atoms with Crippen LogP contribution in [-0.4, -0.2) is 14.8 Å². The lowest BCUT2D eigenvalue weighted by Gasteiger charge is -2.06. The molecule has 25 heavy (non-hydrogen) atoms. The van der Waals surface area contributed by atoms with E-state index in [1.165, 1.54) is 81.2 Å². The van der Waals surface area contributed by atoms with E-state index in [1.807, 2.05) is 0 Å². The first kappa shape index (κ1) is 20.4. The van der Waals surface area contributed by atoms with Gasteiger partial charge in [-0.15, -0.1) is 11.3 Å². The van der Waals surface area contributed by atoms with Crippen LogP contribution >= 0.6 is 23.6 Å². The van der Waals surface area contributed by atoms with Crippen LogP contribution in [0.25, 0.3) is 5.69 Å². The lowest BCUT2D eigenvalue weighted by atomic mass is 10.1. The first-order valence-corrected chi connectivity index (χ1v) is 11.2. The highest BCUT2D eigenvalue weighted by Crippen LogP contribution is 2.22. The SMILES string of the molecule is CCCCCCCCCCCCCc1n[nH]c(=S)n1-c1ccsc1C. The average Bonchev–Trinajstić information content (AvgIpc) is 3.18. The normalized spacial score (nSPS) is 11.3. The summed E-state index contributed by atoms with van der Waals surface area (Å²) in [5.41, 5.74) is 1.18. The monoisotopic (exact) mass is 379 g/mol. The molecule has 3 nitrogen and oxygen atoms in total. The van der Waals surface area contributed by atoms with Crippen LogP contribution in [0.4, 0.5) is 0 Å². The van der Waals surface area contributed by atoms with Crippen molar-refractivity contribution < 1.29 is 0 Å². The van der Waals surface area contributed by atoms with E-state index in [-0.39, 0.29) is 0 Å². The molecular weight excluding hydrogens is 346 g/mol. The summed E-state index contributed by atoms with van der Waals surface area (Å²) >= 11 is 7.17. The molecule has 0 aliphatic rings. The molecule has 0 aliphatic heterocycles. The lowest BCUT2D eigenvalue weighted by molar-refractivity contribution is 0.547. The molecule has 0 aliphatic carbocycles. The van der Waals surface area contributed by atoms with Gasteiger partial charge in [-0.1, -0.05) is 71.1 Å². The molecule has 0 spiro atoms. The van der Waals surface area contributed by atoms with Crippen LogP contribution in [0.2, 0.25) is 0 Å². The quantitative estimate of drug-likeness (QED) is 0.296. The number of rotatable bonds is 13. The van der Waals surface area contributed by atoms with E-state index in [4.69, 9.17) is 12.2 Å². The van der Waals surface area contributed by atoms with Crippen LogP contribution in [-0.2, 0) is 6.42 Å². The Bertz CT molecular complexity index is 654.